The number of carbonyl (C=O) groups is 1. The summed E-state index contributed by atoms with van der Waals surface area (Å²) < 4.78 is 4.94. The second-order valence-electron chi connectivity index (χ2n) is 4.63. The third-order valence-electron chi connectivity index (χ3n) is 3.16. The molecule has 1 amide bonds. The number of halogens is 1. The van der Waals surface area contributed by atoms with Gasteiger partial charge in [0.15, 0.2) is 0 Å². The molecule has 0 fully saturated rings. The number of hydrogen-bond acceptors (Lipinski definition) is 4. The van der Waals surface area contributed by atoms with Crippen LogP contribution >= 0.6 is 11.6 Å². The number of nitrogen functional groups attached to an aromatic ring is 1. The van der Waals surface area contributed by atoms with E-state index in [2.05, 4.69) is 5.32 Å². The summed E-state index contributed by atoms with van der Waals surface area (Å²) in [5.41, 5.74) is 7.26. The Morgan fingerprint density at radius 1 is 1.55 bits per heavy atom. The topological polar surface area (TPSA) is 67.6 Å². The second-order valence-corrected chi connectivity index (χ2v) is 5.06. The number of likely N-dealkylation sites (N-methyl/N-ethyl adjacent to an activating group) is 1. The van der Waals surface area contributed by atoms with Crippen LogP contribution in [0.3, 0.4) is 0 Å². The van der Waals surface area contributed by atoms with Gasteiger partial charge in [0.05, 0.1) is 11.4 Å². The molecule has 0 aliphatic carbocycles. The maximum Gasteiger partial charge on any atom is 0.242 e. The summed E-state index contributed by atoms with van der Waals surface area (Å²) in [4.78, 5) is 13.9. The Hall–Kier alpha value is -1.46. The summed E-state index contributed by atoms with van der Waals surface area (Å²) in [5, 5.41) is 3.46. The van der Waals surface area contributed by atoms with Crippen molar-refractivity contribution in [1.82, 2.24) is 5.32 Å². The van der Waals surface area contributed by atoms with Gasteiger partial charge < -0.3 is 20.7 Å². The van der Waals surface area contributed by atoms with Crippen molar-refractivity contribution in [3.63, 3.8) is 0 Å². The van der Waals surface area contributed by atoms with Crippen molar-refractivity contribution in [2.75, 3.05) is 37.9 Å². The van der Waals surface area contributed by atoms with Gasteiger partial charge in [-0.3, -0.25) is 4.79 Å². The average molecular weight is 300 g/mol. The molecule has 0 heterocycles. The van der Waals surface area contributed by atoms with E-state index >= 15 is 0 Å². The van der Waals surface area contributed by atoms with Gasteiger partial charge in [-0.15, -0.1) is 0 Å². The summed E-state index contributed by atoms with van der Waals surface area (Å²) in [6, 6.07) is 4.88. The minimum Gasteiger partial charge on any atom is -0.397 e. The van der Waals surface area contributed by atoms with Crippen LogP contribution in [0.25, 0.3) is 0 Å². The van der Waals surface area contributed by atoms with Gasteiger partial charge in [-0.05, 0) is 31.5 Å². The number of hydrogen-bond donors (Lipinski definition) is 2. The molecular weight excluding hydrogens is 278 g/mol. The maximum atomic E-state index is 12.0. The van der Waals surface area contributed by atoms with Crippen molar-refractivity contribution in [3.8, 4) is 0 Å². The van der Waals surface area contributed by atoms with Crippen LogP contribution in [0.1, 0.15) is 13.3 Å². The van der Waals surface area contributed by atoms with Gasteiger partial charge in [0.1, 0.15) is 6.04 Å². The highest BCUT2D eigenvalue weighted by atomic mass is 35.5. The van der Waals surface area contributed by atoms with Crippen LogP contribution in [0.15, 0.2) is 18.2 Å². The largest absolute Gasteiger partial charge is 0.397 e. The van der Waals surface area contributed by atoms with Crippen LogP contribution in [-0.4, -0.2) is 39.3 Å². The van der Waals surface area contributed by atoms with E-state index in [0.717, 1.165) is 12.1 Å². The molecule has 0 spiro atoms. The predicted octanol–water partition coefficient (Wildman–Crippen LogP) is 1.90. The van der Waals surface area contributed by atoms with Gasteiger partial charge in [0, 0.05) is 32.3 Å². The number of methoxy groups -OCH3 is 1. The normalized spacial score (nSPS) is 12.0. The molecule has 3 N–H and O–H groups in total. The zero-order valence-electron chi connectivity index (χ0n) is 12.1. The number of nitrogens with one attached hydrogen (secondary N) is 1. The zero-order valence-corrected chi connectivity index (χ0v) is 12.9. The fourth-order valence-corrected chi connectivity index (χ4v) is 1.95. The first kappa shape index (κ1) is 16.6. The lowest BCUT2D eigenvalue weighted by Crippen LogP contribution is -2.44. The van der Waals surface area contributed by atoms with Crippen molar-refractivity contribution in [2.45, 2.75) is 19.4 Å². The number of ether oxygens (including phenoxy) is 1. The van der Waals surface area contributed by atoms with Gasteiger partial charge in [0.25, 0.3) is 0 Å². The molecule has 0 saturated heterocycles. The van der Waals surface area contributed by atoms with Gasteiger partial charge in [0.2, 0.25) is 5.91 Å². The fraction of sp³-hybridized carbons (Fsp3) is 0.500. The molecule has 20 heavy (non-hydrogen) atoms. The average Bonchev–Trinajstić information content (AvgIpc) is 2.44. The van der Waals surface area contributed by atoms with Crippen LogP contribution in [0.5, 0.6) is 0 Å². The van der Waals surface area contributed by atoms with Crippen LogP contribution in [0.2, 0.25) is 5.02 Å². The monoisotopic (exact) mass is 299 g/mol. The number of carbonyl (C=O) groups excluding carboxylic acids is 1. The van der Waals surface area contributed by atoms with E-state index in [1.807, 2.05) is 18.9 Å². The minimum absolute atomic E-state index is 0.0528. The van der Waals surface area contributed by atoms with Crippen molar-refractivity contribution < 1.29 is 9.53 Å². The summed E-state index contributed by atoms with van der Waals surface area (Å²) in [6.07, 6.45) is 0.790. The van der Waals surface area contributed by atoms with Gasteiger partial charge in [-0.1, -0.05) is 11.6 Å². The van der Waals surface area contributed by atoms with E-state index in [-0.39, 0.29) is 11.9 Å². The molecule has 1 rings (SSSR count). The van der Waals surface area contributed by atoms with Gasteiger partial charge >= 0.3 is 0 Å². The molecule has 5 nitrogen and oxygen atoms in total. The number of benzene rings is 1. The SMILES string of the molecule is COCCCNC(=O)C(C)N(C)c1cc(Cl)ccc1N. The molecule has 0 bridgehead atoms. The number of rotatable bonds is 7. The Bertz CT molecular complexity index is 454. The Morgan fingerprint density at radius 2 is 2.25 bits per heavy atom. The summed E-state index contributed by atoms with van der Waals surface area (Å²) in [5.74, 6) is -0.0528. The van der Waals surface area contributed by atoms with Gasteiger partial charge in [-0.25, -0.2) is 0 Å². The second kappa shape index (κ2) is 7.97. The van der Waals surface area contributed by atoms with E-state index < -0.39 is 0 Å². The maximum absolute atomic E-state index is 12.0. The van der Waals surface area contributed by atoms with E-state index in [1.165, 1.54) is 0 Å². The number of anilines is 2. The molecular formula is C14H22ClN3O2. The van der Waals surface area contributed by atoms with Crippen molar-refractivity contribution >= 4 is 28.9 Å². The lowest BCUT2D eigenvalue weighted by molar-refractivity contribution is -0.122. The smallest absolute Gasteiger partial charge is 0.242 e. The zero-order chi connectivity index (χ0) is 15.1. The van der Waals surface area contributed by atoms with E-state index in [0.29, 0.717) is 23.9 Å². The lowest BCUT2D eigenvalue weighted by Gasteiger charge is -2.27. The highest BCUT2D eigenvalue weighted by molar-refractivity contribution is 6.31. The van der Waals surface area contributed by atoms with Crippen LogP contribution in [0, 0.1) is 0 Å². The van der Waals surface area contributed by atoms with Crippen molar-refractivity contribution in [3.05, 3.63) is 23.2 Å². The number of nitrogens with zero attached hydrogens (tertiary/aromatic N) is 1. The first-order valence-corrected chi connectivity index (χ1v) is 6.89. The summed E-state index contributed by atoms with van der Waals surface area (Å²) >= 11 is 5.97. The molecule has 0 aliphatic heterocycles. The predicted molar refractivity (Wildman–Crippen MR) is 83.2 cm³/mol. The van der Waals surface area contributed by atoms with Crippen LogP contribution in [-0.2, 0) is 9.53 Å². The quantitative estimate of drug-likeness (QED) is 0.596. The van der Waals surface area contributed by atoms with E-state index in [4.69, 9.17) is 22.1 Å². The van der Waals surface area contributed by atoms with Gasteiger partial charge in [-0.2, -0.15) is 0 Å². The fourth-order valence-electron chi connectivity index (χ4n) is 1.78. The highest BCUT2D eigenvalue weighted by Crippen LogP contribution is 2.27. The molecule has 112 valence electrons. The lowest BCUT2D eigenvalue weighted by atomic mass is 10.2. The van der Waals surface area contributed by atoms with Crippen LogP contribution in [0.4, 0.5) is 11.4 Å². The molecule has 1 atom stereocenters. The highest BCUT2D eigenvalue weighted by Gasteiger charge is 2.19. The Morgan fingerprint density at radius 3 is 2.90 bits per heavy atom. The third kappa shape index (κ3) is 4.58. The minimum atomic E-state index is -0.335. The molecule has 0 radical (unpaired) electrons. The molecule has 1 aromatic carbocycles. The van der Waals surface area contributed by atoms with Crippen molar-refractivity contribution in [2.24, 2.45) is 0 Å². The van der Waals surface area contributed by atoms with Crippen LogP contribution < -0.4 is 16.0 Å². The Labute approximate surface area is 125 Å². The summed E-state index contributed by atoms with van der Waals surface area (Å²) in [6.45, 7) is 3.05. The van der Waals surface area contributed by atoms with E-state index in [9.17, 15) is 4.79 Å². The summed E-state index contributed by atoms with van der Waals surface area (Å²) in [7, 11) is 3.46. The molecule has 0 aromatic heterocycles. The third-order valence-corrected chi connectivity index (χ3v) is 3.39. The standard InChI is InChI=1S/C14H22ClN3O2/c1-10(14(19)17-7-4-8-20-3)18(2)13-9-11(15)5-6-12(13)16/h5-6,9-10H,4,7-8,16H2,1-3H3,(H,17,19). The molecule has 0 saturated carbocycles. The Balaban J connectivity index is 2.63. The van der Waals surface area contributed by atoms with Crippen molar-refractivity contribution in [1.29, 1.82) is 0 Å². The number of nitrogens with two attached hydrogens (primary N) is 1. The first-order chi connectivity index (χ1) is 9.47. The number of amides is 1. The molecule has 0 aliphatic rings. The Kier molecular flexibility index (Phi) is 6.61. The molecule has 1 aromatic rings. The first-order valence-electron chi connectivity index (χ1n) is 6.52. The molecule has 1 unspecified atom stereocenters. The molecule has 6 heteroatoms. The van der Waals surface area contributed by atoms with E-state index in [1.54, 1.807) is 25.3 Å².